The van der Waals surface area contributed by atoms with E-state index >= 15 is 0 Å². The number of anilines is 1. The minimum absolute atomic E-state index is 0.257. The molecule has 1 N–H and O–H groups in total. The van der Waals surface area contributed by atoms with E-state index in [9.17, 15) is 13.6 Å². The van der Waals surface area contributed by atoms with Crippen LogP contribution in [0, 0.1) is 18.6 Å². The molecule has 2 aromatic carbocycles. The fraction of sp³-hybridized carbons (Fsp3) is 0.0588. The Balaban J connectivity index is 1.94. The van der Waals surface area contributed by atoms with Crippen molar-refractivity contribution < 1.29 is 13.6 Å². The van der Waals surface area contributed by atoms with Crippen LogP contribution in [-0.2, 0) is 0 Å². The summed E-state index contributed by atoms with van der Waals surface area (Å²) in [5.74, 6) is -2.03. The molecule has 0 aliphatic rings. The van der Waals surface area contributed by atoms with Gasteiger partial charge in [-0.3, -0.25) is 4.79 Å². The van der Waals surface area contributed by atoms with Crippen LogP contribution in [-0.4, -0.2) is 15.7 Å². The number of carbonyl (C=O) groups excluding carboxylic acids is 1. The SMILES string of the molecule is Cc1cc(NC(=O)c2ccc(F)cc2F)n(-c2cccc(Cl)c2)n1. The van der Waals surface area contributed by atoms with Crippen LogP contribution in [0.4, 0.5) is 14.6 Å². The van der Waals surface area contributed by atoms with Gasteiger partial charge in [0.25, 0.3) is 5.91 Å². The molecule has 0 saturated heterocycles. The zero-order valence-corrected chi connectivity index (χ0v) is 13.3. The van der Waals surface area contributed by atoms with E-state index in [1.165, 1.54) is 4.68 Å². The van der Waals surface area contributed by atoms with Crippen molar-refractivity contribution in [3.63, 3.8) is 0 Å². The Kier molecular flexibility index (Phi) is 4.31. The van der Waals surface area contributed by atoms with Gasteiger partial charge in [-0.25, -0.2) is 13.5 Å². The van der Waals surface area contributed by atoms with Crippen molar-refractivity contribution >= 4 is 23.3 Å². The number of aromatic nitrogens is 2. The van der Waals surface area contributed by atoms with E-state index in [4.69, 9.17) is 11.6 Å². The Bertz CT molecular complexity index is 924. The average molecular weight is 348 g/mol. The number of carbonyl (C=O) groups is 1. The van der Waals surface area contributed by atoms with Crippen molar-refractivity contribution in [2.45, 2.75) is 6.92 Å². The predicted molar refractivity (Wildman–Crippen MR) is 87.6 cm³/mol. The Labute approximate surface area is 141 Å². The van der Waals surface area contributed by atoms with Gasteiger partial charge in [0.2, 0.25) is 0 Å². The second kappa shape index (κ2) is 6.41. The van der Waals surface area contributed by atoms with Crippen LogP contribution in [0.3, 0.4) is 0 Å². The maximum absolute atomic E-state index is 13.7. The molecular weight excluding hydrogens is 336 g/mol. The molecule has 24 heavy (non-hydrogen) atoms. The first-order valence-corrected chi connectivity index (χ1v) is 7.41. The average Bonchev–Trinajstić information content (AvgIpc) is 2.87. The zero-order chi connectivity index (χ0) is 17.3. The van der Waals surface area contributed by atoms with Crippen LogP contribution in [0.1, 0.15) is 16.1 Å². The standard InChI is InChI=1S/C17H12ClF2N3O/c1-10-7-16(23(22-10)13-4-2-3-11(18)8-13)21-17(24)14-6-5-12(19)9-15(14)20/h2-9H,1H3,(H,21,24). The molecule has 0 radical (unpaired) electrons. The van der Waals surface area contributed by atoms with Crippen molar-refractivity contribution in [2.75, 3.05) is 5.32 Å². The zero-order valence-electron chi connectivity index (χ0n) is 12.6. The lowest BCUT2D eigenvalue weighted by Gasteiger charge is -2.09. The van der Waals surface area contributed by atoms with E-state index < -0.39 is 17.5 Å². The van der Waals surface area contributed by atoms with Gasteiger partial charge < -0.3 is 5.32 Å². The second-order valence-electron chi connectivity index (χ2n) is 5.14. The van der Waals surface area contributed by atoms with Gasteiger partial charge in [-0.2, -0.15) is 5.10 Å². The molecule has 3 aromatic rings. The second-order valence-corrected chi connectivity index (χ2v) is 5.58. The van der Waals surface area contributed by atoms with Crippen molar-refractivity contribution in [2.24, 2.45) is 0 Å². The van der Waals surface area contributed by atoms with Crippen LogP contribution in [0.15, 0.2) is 48.5 Å². The lowest BCUT2D eigenvalue weighted by atomic mass is 10.2. The molecule has 1 aromatic heterocycles. The van der Waals surface area contributed by atoms with E-state index in [0.717, 1.165) is 12.1 Å². The van der Waals surface area contributed by atoms with E-state index in [0.29, 0.717) is 28.3 Å². The molecule has 4 nitrogen and oxygen atoms in total. The normalized spacial score (nSPS) is 10.7. The summed E-state index contributed by atoms with van der Waals surface area (Å²) in [7, 11) is 0. The quantitative estimate of drug-likeness (QED) is 0.765. The van der Waals surface area contributed by atoms with Gasteiger partial charge in [-0.1, -0.05) is 17.7 Å². The lowest BCUT2D eigenvalue weighted by molar-refractivity contribution is 0.102. The van der Waals surface area contributed by atoms with E-state index in [1.54, 1.807) is 37.3 Å². The first-order chi connectivity index (χ1) is 11.4. The number of benzene rings is 2. The largest absolute Gasteiger partial charge is 0.306 e. The molecule has 0 spiro atoms. The van der Waals surface area contributed by atoms with Gasteiger partial charge in [0, 0.05) is 17.2 Å². The summed E-state index contributed by atoms with van der Waals surface area (Å²) < 4.78 is 28.2. The number of nitrogens with zero attached hydrogens (tertiary/aromatic N) is 2. The topological polar surface area (TPSA) is 46.9 Å². The van der Waals surface area contributed by atoms with Gasteiger partial charge in [0.05, 0.1) is 16.9 Å². The third-order valence-corrected chi connectivity index (χ3v) is 3.54. The molecule has 0 fully saturated rings. The van der Waals surface area contributed by atoms with Crippen molar-refractivity contribution in [1.29, 1.82) is 0 Å². The molecule has 0 bridgehead atoms. The molecule has 1 heterocycles. The van der Waals surface area contributed by atoms with Gasteiger partial charge in [-0.05, 0) is 37.3 Å². The lowest BCUT2D eigenvalue weighted by Crippen LogP contribution is -2.16. The minimum Gasteiger partial charge on any atom is -0.306 e. The molecule has 3 rings (SSSR count). The highest BCUT2D eigenvalue weighted by Gasteiger charge is 2.16. The number of nitrogens with one attached hydrogen (secondary N) is 1. The Morgan fingerprint density at radius 3 is 2.67 bits per heavy atom. The van der Waals surface area contributed by atoms with Gasteiger partial charge >= 0.3 is 0 Å². The number of hydrogen-bond donors (Lipinski definition) is 1. The van der Waals surface area contributed by atoms with Crippen LogP contribution in [0.2, 0.25) is 5.02 Å². The smallest absolute Gasteiger partial charge is 0.259 e. The summed E-state index contributed by atoms with van der Waals surface area (Å²) in [5, 5.41) is 7.39. The van der Waals surface area contributed by atoms with E-state index in [-0.39, 0.29) is 5.56 Å². The fourth-order valence-corrected chi connectivity index (χ4v) is 2.44. The fourth-order valence-electron chi connectivity index (χ4n) is 2.25. The third kappa shape index (κ3) is 3.28. The first-order valence-electron chi connectivity index (χ1n) is 7.03. The van der Waals surface area contributed by atoms with Crippen molar-refractivity contribution in [3.05, 3.63) is 76.4 Å². The predicted octanol–water partition coefficient (Wildman–Crippen LogP) is 4.36. The monoisotopic (exact) mass is 347 g/mol. The van der Waals surface area contributed by atoms with Crippen molar-refractivity contribution in [1.82, 2.24) is 9.78 Å². The van der Waals surface area contributed by atoms with Crippen LogP contribution < -0.4 is 5.32 Å². The Hall–Kier alpha value is -2.73. The van der Waals surface area contributed by atoms with Crippen LogP contribution >= 0.6 is 11.6 Å². The Morgan fingerprint density at radius 1 is 1.17 bits per heavy atom. The molecule has 0 aliphatic carbocycles. The van der Waals surface area contributed by atoms with Crippen LogP contribution in [0.5, 0.6) is 0 Å². The van der Waals surface area contributed by atoms with Crippen LogP contribution in [0.25, 0.3) is 5.69 Å². The summed E-state index contributed by atoms with van der Waals surface area (Å²) in [6.07, 6.45) is 0. The molecule has 122 valence electrons. The maximum Gasteiger partial charge on any atom is 0.259 e. The van der Waals surface area contributed by atoms with E-state index in [2.05, 4.69) is 10.4 Å². The summed E-state index contributed by atoms with van der Waals surface area (Å²) in [5.41, 5.74) is 1.04. The number of aryl methyl sites for hydroxylation is 1. The van der Waals surface area contributed by atoms with E-state index in [1.807, 2.05) is 0 Å². The molecular formula is C17H12ClF2N3O. The maximum atomic E-state index is 13.7. The molecule has 0 atom stereocenters. The highest BCUT2D eigenvalue weighted by molar-refractivity contribution is 6.30. The minimum atomic E-state index is -0.932. The Morgan fingerprint density at radius 2 is 1.96 bits per heavy atom. The molecule has 7 heteroatoms. The number of amides is 1. The summed E-state index contributed by atoms with van der Waals surface area (Å²) in [6, 6.07) is 11.3. The van der Waals surface area contributed by atoms with Gasteiger partial charge in [0.1, 0.15) is 17.5 Å². The molecule has 0 saturated carbocycles. The summed E-state index contributed by atoms with van der Waals surface area (Å²) >= 11 is 5.98. The molecule has 0 unspecified atom stereocenters. The van der Waals surface area contributed by atoms with Gasteiger partial charge in [-0.15, -0.1) is 0 Å². The highest BCUT2D eigenvalue weighted by atomic mass is 35.5. The number of halogens is 3. The van der Waals surface area contributed by atoms with Gasteiger partial charge in [0.15, 0.2) is 0 Å². The molecule has 1 amide bonds. The van der Waals surface area contributed by atoms with Crippen molar-refractivity contribution in [3.8, 4) is 5.69 Å². The first kappa shape index (κ1) is 16.1. The third-order valence-electron chi connectivity index (χ3n) is 3.30. The summed E-state index contributed by atoms with van der Waals surface area (Å²) in [6.45, 7) is 1.76. The highest BCUT2D eigenvalue weighted by Crippen LogP contribution is 2.21. The number of rotatable bonds is 3. The summed E-state index contributed by atoms with van der Waals surface area (Å²) in [4.78, 5) is 12.3. The number of hydrogen-bond acceptors (Lipinski definition) is 2. The molecule has 0 aliphatic heterocycles.